The summed E-state index contributed by atoms with van der Waals surface area (Å²) in [6.45, 7) is 13.3. The third-order valence-electron chi connectivity index (χ3n) is 8.51. The van der Waals surface area contributed by atoms with Gasteiger partial charge >= 0.3 is 0 Å². The number of anilines is 1. The molecular weight excluding hydrogens is 548 g/mol. The zero-order valence-electron chi connectivity index (χ0n) is 25.5. The van der Waals surface area contributed by atoms with Gasteiger partial charge in [-0.1, -0.05) is 64.4 Å². The summed E-state index contributed by atoms with van der Waals surface area (Å²) in [6, 6.07) is 12.9. The highest BCUT2D eigenvalue weighted by molar-refractivity contribution is 6.31. The summed E-state index contributed by atoms with van der Waals surface area (Å²) in [7, 11) is 0. The minimum atomic E-state index is -0.390. The maximum absolute atomic E-state index is 13.8. The molecule has 0 saturated heterocycles. The highest BCUT2D eigenvalue weighted by Crippen LogP contribution is 2.54. The van der Waals surface area contributed by atoms with Crippen LogP contribution in [-0.2, 0) is 14.4 Å². The molecule has 2 aliphatic carbocycles. The van der Waals surface area contributed by atoms with Crippen molar-refractivity contribution in [2.45, 2.75) is 79.6 Å². The van der Waals surface area contributed by atoms with Crippen LogP contribution in [0.5, 0.6) is 5.75 Å². The Morgan fingerprint density at radius 2 is 1.50 bits per heavy atom. The number of carbonyl (C=O) groups excluding carboxylic acids is 3. The first-order valence-corrected chi connectivity index (χ1v) is 15.3. The Labute approximate surface area is 254 Å². The molecule has 0 spiro atoms. The van der Waals surface area contributed by atoms with Crippen LogP contribution in [0.2, 0.25) is 5.02 Å². The lowest BCUT2D eigenvalue weighted by atomic mass is 9.63. The average Bonchev–Trinajstić information content (AvgIpc) is 2.89. The van der Waals surface area contributed by atoms with Crippen LogP contribution in [0.1, 0.15) is 83.8 Å². The first kappa shape index (κ1) is 30.1. The second-order valence-electron chi connectivity index (χ2n) is 13.6. The molecule has 0 atom stereocenters. The Bertz CT molecular complexity index is 1450. The van der Waals surface area contributed by atoms with Crippen LogP contribution in [0, 0.1) is 17.8 Å². The van der Waals surface area contributed by atoms with Gasteiger partial charge in [0.1, 0.15) is 5.75 Å². The van der Waals surface area contributed by atoms with Crippen molar-refractivity contribution in [2.24, 2.45) is 10.8 Å². The van der Waals surface area contributed by atoms with Crippen molar-refractivity contribution >= 4 is 34.8 Å². The van der Waals surface area contributed by atoms with Gasteiger partial charge in [-0.05, 0) is 72.4 Å². The maximum Gasteiger partial charge on any atom is 0.262 e. The molecule has 3 aliphatic rings. The van der Waals surface area contributed by atoms with E-state index in [0.717, 1.165) is 59.5 Å². The number of nitrogens with one attached hydrogen (secondary N) is 1. The predicted molar refractivity (Wildman–Crippen MR) is 167 cm³/mol. The molecule has 42 heavy (non-hydrogen) atoms. The van der Waals surface area contributed by atoms with Crippen LogP contribution in [0.3, 0.4) is 0 Å². The monoisotopic (exact) mass is 588 g/mol. The minimum Gasteiger partial charge on any atom is -0.484 e. The predicted octanol–water partition coefficient (Wildman–Crippen LogP) is 7.76. The molecule has 5 rings (SSSR count). The van der Waals surface area contributed by atoms with E-state index in [1.165, 1.54) is 0 Å². The van der Waals surface area contributed by atoms with Crippen molar-refractivity contribution in [3.8, 4) is 5.75 Å². The number of aryl methyl sites for hydroxylation is 1. The summed E-state index contributed by atoms with van der Waals surface area (Å²) in [4.78, 5) is 42.5. The number of hydrogen-bond donors (Lipinski definition) is 1. The van der Waals surface area contributed by atoms with E-state index in [4.69, 9.17) is 16.3 Å². The van der Waals surface area contributed by atoms with Crippen LogP contribution in [0.25, 0.3) is 0 Å². The lowest BCUT2D eigenvalue weighted by Crippen LogP contribution is -2.44. The van der Waals surface area contributed by atoms with Gasteiger partial charge in [-0.15, -0.1) is 0 Å². The number of carbonyl (C=O) groups is 3. The molecule has 222 valence electrons. The first-order valence-electron chi connectivity index (χ1n) is 14.9. The second-order valence-corrected chi connectivity index (χ2v) is 14.0. The number of ether oxygens (including phenoxy) is 1. The van der Waals surface area contributed by atoms with Gasteiger partial charge in [0.15, 0.2) is 18.2 Å². The number of amides is 1. The zero-order chi connectivity index (χ0) is 30.4. The molecule has 0 saturated carbocycles. The molecule has 0 unspecified atom stereocenters. The fourth-order valence-corrected chi connectivity index (χ4v) is 6.83. The number of rotatable bonds is 7. The van der Waals surface area contributed by atoms with E-state index < -0.39 is 0 Å². The van der Waals surface area contributed by atoms with E-state index in [1.54, 1.807) is 12.1 Å². The molecule has 2 aromatic rings. The molecule has 6 nitrogen and oxygen atoms in total. The molecule has 1 amide bonds. The molecular formula is C35H41ClN2O4. The van der Waals surface area contributed by atoms with Gasteiger partial charge in [-0.2, -0.15) is 0 Å². The highest BCUT2D eigenvalue weighted by Gasteiger charge is 2.48. The number of ketones is 2. The molecule has 0 aromatic heterocycles. The van der Waals surface area contributed by atoms with Gasteiger partial charge in [-0.25, -0.2) is 0 Å². The van der Waals surface area contributed by atoms with E-state index in [0.29, 0.717) is 29.3 Å². The van der Waals surface area contributed by atoms with Crippen LogP contribution >= 0.6 is 11.6 Å². The van der Waals surface area contributed by atoms with Crippen LogP contribution in [-0.4, -0.2) is 35.5 Å². The third-order valence-corrected chi connectivity index (χ3v) is 8.92. The summed E-state index contributed by atoms with van der Waals surface area (Å²) in [6.07, 6.45) is 3.47. The van der Waals surface area contributed by atoms with Gasteiger partial charge in [-0.3, -0.25) is 14.4 Å². The normalized spacial score (nSPS) is 19.9. The Morgan fingerprint density at radius 3 is 2.02 bits per heavy atom. The summed E-state index contributed by atoms with van der Waals surface area (Å²) >= 11 is 6.17. The van der Waals surface area contributed by atoms with E-state index in [1.807, 2.05) is 37.3 Å². The Morgan fingerprint density at radius 1 is 0.929 bits per heavy atom. The summed E-state index contributed by atoms with van der Waals surface area (Å²) < 4.78 is 5.78. The Kier molecular flexibility index (Phi) is 8.14. The zero-order valence-corrected chi connectivity index (χ0v) is 26.3. The highest BCUT2D eigenvalue weighted by atomic mass is 35.5. The fourth-order valence-electron chi connectivity index (χ4n) is 6.65. The summed E-state index contributed by atoms with van der Waals surface area (Å²) in [5.41, 5.74) is 5.89. The van der Waals surface area contributed by atoms with E-state index >= 15 is 0 Å². The number of halogens is 1. The van der Waals surface area contributed by atoms with Crippen LogP contribution in [0.4, 0.5) is 5.69 Å². The Balaban J connectivity index is 1.44. The SMILES string of the molecule is CCCN1C2=C(C(=O)CC(C)(C)C2)C(c2ccc(OCC(=O)Nc3ccc(C)c(Cl)c3)cc2)C2=C1CC(C)(C)CC2=O. The molecule has 0 radical (unpaired) electrons. The Hall–Kier alpha value is -3.38. The molecule has 0 fully saturated rings. The molecule has 1 aliphatic heterocycles. The second kappa shape index (κ2) is 11.4. The smallest absolute Gasteiger partial charge is 0.262 e. The lowest BCUT2D eigenvalue weighted by molar-refractivity contribution is -0.120. The summed E-state index contributed by atoms with van der Waals surface area (Å²) in [5.74, 6) is 0.112. The minimum absolute atomic E-state index is 0.129. The number of nitrogens with zero attached hydrogens (tertiary/aromatic N) is 1. The quantitative estimate of drug-likeness (QED) is 0.358. The maximum atomic E-state index is 13.8. The van der Waals surface area contributed by atoms with Gasteiger partial charge in [0.2, 0.25) is 0 Å². The van der Waals surface area contributed by atoms with Gasteiger partial charge in [0.25, 0.3) is 5.91 Å². The summed E-state index contributed by atoms with van der Waals surface area (Å²) in [5, 5.41) is 3.39. The molecule has 0 bridgehead atoms. The van der Waals surface area contributed by atoms with Crippen molar-refractivity contribution in [3.63, 3.8) is 0 Å². The van der Waals surface area contributed by atoms with Crippen molar-refractivity contribution in [3.05, 3.63) is 81.2 Å². The largest absolute Gasteiger partial charge is 0.484 e. The fraction of sp³-hybridized carbons (Fsp3) is 0.457. The van der Waals surface area contributed by atoms with Crippen molar-refractivity contribution in [1.29, 1.82) is 0 Å². The molecule has 2 aromatic carbocycles. The molecule has 1 heterocycles. The van der Waals surface area contributed by atoms with Crippen LogP contribution < -0.4 is 10.1 Å². The van der Waals surface area contributed by atoms with Crippen LogP contribution in [0.15, 0.2) is 65.0 Å². The van der Waals surface area contributed by atoms with Crippen molar-refractivity contribution < 1.29 is 19.1 Å². The topological polar surface area (TPSA) is 75.7 Å². The average molecular weight is 589 g/mol. The van der Waals surface area contributed by atoms with E-state index in [9.17, 15) is 14.4 Å². The van der Waals surface area contributed by atoms with E-state index in [-0.39, 0.29) is 40.8 Å². The number of hydrogen-bond acceptors (Lipinski definition) is 5. The van der Waals surface area contributed by atoms with Gasteiger partial charge in [0.05, 0.1) is 0 Å². The van der Waals surface area contributed by atoms with Crippen molar-refractivity contribution in [2.75, 3.05) is 18.5 Å². The van der Waals surface area contributed by atoms with Gasteiger partial charge < -0.3 is 15.0 Å². The van der Waals surface area contributed by atoms with Gasteiger partial charge in [0, 0.05) is 58.6 Å². The molecule has 7 heteroatoms. The molecule has 1 N–H and O–H groups in total. The first-order chi connectivity index (χ1) is 19.8. The van der Waals surface area contributed by atoms with E-state index in [2.05, 4.69) is 44.8 Å². The number of benzene rings is 2. The standard InChI is InChI=1S/C35H41ClN2O4/c1-7-14-38-26-16-34(3,4)18-28(39)32(26)31(33-27(38)17-35(5,6)19-29(33)40)22-9-12-24(13-10-22)42-20-30(41)37-23-11-8-21(2)25(36)15-23/h8-13,15,31H,7,14,16-20H2,1-6H3,(H,37,41). The van der Waals surface area contributed by atoms with Crippen molar-refractivity contribution in [1.82, 2.24) is 4.90 Å². The number of allylic oxidation sites excluding steroid dienone is 4. The lowest BCUT2D eigenvalue weighted by Gasteiger charge is -2.49. The third kappa shape index (κ3) is 6.05. The number of Topliss-reactive ketones (excluding diaryl/α,β-unsaturated/α-hetero) is 2.